The van der Waals surface area contributed by atoms with Crippen LogP contribution < -0.4 is 4.08 Å². The predicted octanol–water partition coefficient (Wildman–Crippen LogP) is 2.49. The second-order valence-electron chi connectivity index (χ2n) is 6.26. The van der Waals surface area contributed by atoms with E-state index in [1.807, 2.05) is 30.3 Å². The average molecular weight is 576 g/mol. The number of hydrogen-bond donors (Lipinski definition) is 2. The average Bonchev–Trinajstić information content (AvgIpc) is 2.68. The fourth-order valence-electron chi connectivity index (χ4n) is 3.46. The molecular weight excluding hydrogens is 560 g/mol. The van der Waals surface area contributed by atoms with Crippen molar-refractivity contribution in [1.29, 1.82) is 0 Å². The van der Waals surface area contributed by atoms with Crippen LogP contribution >= 0.6 is 0 Å². The van der Waals surface area contributed by atoms with Gasteiger partial charge in [-0.3, -0.25) is 0 Å². The van der Waals surface area contributed by atoms with Crippen molar-refractivity contribution in [3.05, 3.63) is 48.5 Å². The number of rotatable bonds is 6. The second-order valence-corrected chi connectivity index (χ2v) is 11.9. The molecule has 0 aliphatic rings. The molecule has 2 N–H and O–H groups in total. The van der Waals surface area contributed by atoms with Gasteiger partial charge in [-0.25, -0.2) is 0 Å². The molecule has 0 radical (unpaired) electrons. The Kier molecular flexibility index (Phi) is 4.77. The van der Waals surface area contributed by atoms with Crippen molar-refractivity contribution in [3.8, 4) is 0 Å². The second kappa shape index (κ2) is 6.99. The van der Waals surface area contributed by atoms with Crippen LogP contribution in [0.15, 0.2) is 53.4 Å². The van der Waals surface area contributed by atoms with E-state index in [1.165, 1.54) is 6.07 Å². The summed E-state index contributed by atoms with van der Waals surface area (Å²) in [6.07, 6.45) is 0.393. The molecule has 6 nitrogen and oxygen atoms in total. The molecule has 146 valence electrons. The summed E-state index contributed by atoms with van der Waals surface area (Å²) in [5, 5.41) is 4.34. The van der Waals surface area contributed by atoms with E-state index in [-0.39, 0.29) is 22.3 Å². The van der Waals surface area contributed by atoms with Gasteiger partial charge in [-0.05, 0) is 0 Å². The van der Waals surface area contributed by atoms with Gasteiger partial charge in [-0.15, -0.1) is 0 Å². The van der Waals surface area contributed by atoms with Gasteiger partial charge in [0.1, 0.15) is 0 Å². The van der Waals surface area contributed by atoms with E-state index in [2.05, 4.69) is 0 Å². The van der Waals surface area contributed by atoms with Gasteiger partial charge < -0.3 is 0 Å². The van der Waals surface area contributed by atoms with Gasteiger partial charge in [0.05, 0.1) is 0 Å². The number of hydrogen-bond acceptors (Lipinski definition) is 5. The molecule has 0 heterocycles. The maximum absolute atomic E-state index is 12.3. The normalized spacial score (nSPS) is 12.7. The molecule has 0 saturated heterocycles. The van der Waals surface area contributed by atoms with Gasteiger partial charge in [0.2, 0.25) is 0 Å². The third-order valence-electron chi connectivity index (χ3n) is 4.59. The molecule has 0 aliphatic heterocycles. The first-order valence-corrected chi connectivity index (χ1v) is 13.2. The van der Waals surface area contributed by atoms with Gasteiger partial charge in [0.15, 0.2) is 0 Å². The summed E-state index contributed by atoms with van der Waals surface area (Å²) in [6.45, 7) is 0. The zero-order chi connectivity index (χ0) is 20.1. The van der Waals surface area contributed by atoms with Crippen LogP contribution in [0.2, 0.25) is 0 Å². The topological polar surface area (TPSA) is 109 Å². The zero-order valence-corrected chi connectivity index (χ0v) is 17.6. The molecule has 4 rings (SSSR count). The molecule has 0 bridgehead atoms. The summed E-state index contributed by atoms with van der Waals surface area (Å²) >= 11 is -3.71. The van der Waals surface area contributed by atoms with Crippen molar-refractivity contribution in [2.24, 2.45) is 0 Å². The van der Waals surface area contributed by atoms with E-state index in [0.717, 1.165) is 16.2 Å². The maximum atomic E-state index is 12.3. The van der Waals surface area contributed by atoms with Crippen LogP contribution in [-0.4, -0.2) is 27.4 Å². The molecule has 0 saturated carbocycles. The summed E-state index contributed by atoms with van der Waals surface area (Å²) in [7, 11) is -4.70. The molecule has 0 atom stereocenters. The first kappa shape index (κ1) is 19.1. The van der Waals surface area contributed by atoms with Crippen LogP contribution in [0.1, 0.15) is 12.8 Å². The van der Waals surface area contributed by atoms with Crippen molar-refractivity contribution < 1.29 is 43.3 Å². The summed E-state index contributed by atoms with van der Waals surface area (Å²) in [5.41, 5.74) is 0. The minimum atomic E-state index is -4.70. The van der Waals surface area contributed by atoms with Crippen LogP contribution in [0.3, 0.4) is 0 Å². The Bertz CT molecular complexity index is 1330. The number of benzene rings is 4. The summed E-state index contributed by atoms with van der Waals surface area (Å²) in [5.74, 6) is 0. The van der Waals surface area contributed by atoms with E-state index < -0.39 is 36.2 Å². The quantitative estimate of drug-likeness (QED) is 0.208. The molecule has 0 spiro atoms. The Morgan fingerprint density at radius 3 is 2.29 bits per heavy atom. The standard InChI is InChI=1S/C16H9O3S.C4H5O2.Ir.H2O/c17-20(18,19)14-9-7-12-5-4-10-2-1-3-11-6-8-13(14)16(12)15(10)11;5-3-1-2-4-6;;/h1-8H,(H,17,18,19);3H,1-2H2;;1H2/q;;+1;/p-1. The SMILES string of the molecule is O=CCC[C](=O)[Ir]([OH])[c]1cc2ccc3cccc4ccc(c1S(=O)(=O)O)c2c34. The minimum absolute atomic E-state index is 0.0238. The Labute approximate surface area is 166 Å². The van der Waals surface area contributed by atoms with Crippen molar-refractivity contribution in [3.63, 3.8) is 0 Å². The van der Waals surface area contributed by atoms with Gasteiger partial charge >= 0.3 is 167 Å². The fraction of sp³-hybridized carbons (Fsp3) is 0.100. The van der Waals surface area contributed by atoms with Crippen LogP contribution in [-0.2, 0) is 36.6 Å². The molecule has 0 unspecified atom stereocenters. The van der Waals surface area contributed by atoms with Crippen LogP contribution in [0.4, 0.5) is 0 Å². The Morgan fingerprint density at radius 2 is 1.64 bits per heavy atom. The van der Waals surface area contributed by atoms with Crippen LogP contribution in [0.5, 0.6) is 0 Å². The molecule has 0 fully saturated rings. The molecule has 0 amide bonds. The summed E-state index contributed by atoms with van der Waals surface area (Å²) < 4.78 is 44.5. The van der Waals surface area contributed by atoms with Gasteiger partial charge in [-0.1, -0.05) is 0 Å². The molecule has 0 aromatic heterocycles. The third-order valence-corrected chi connectivity index (χ3v) is 9.97. The zero-order valence-electron chi connectivity index (χ0n) is 14.4. The van der Waals surface area contributed by atoms with Gasteiger partial charge in [0, 0.05) is 0 Å². The van der Waals surface area contributed by atoms with E-state index >= 15 is 0 Å². The molecule has 4 aromatic rings. The Morgan fingerprint density at radius 1 is 1.00 bits per heavy atom. The van der Waals surface area contributed by atoms with Crippen molar-refractivity contribution in [1.82, 2.24) is 0 Å². The predicted molar refractivity (Wildman–Crippen MR) is 102 cm³/mol. The molecule has 8 heteroatoms. The molecule has 0 aliphatic carbocycles. The number of aldehydes is 1. The molecule has 4 aromatic carbocycles. The Hall–Kier alpha value is -2.22. The Balaban J connectivity index is 2.11. The van der Waals surface area contributed by atoms with Crippen molar-refractivity contribution in [2.75, 3.05) is 0 Å². The monoisotopic (exact) mass is 576 g/mol. The molecular formula is C20H15IrO6S. The van der Waals surface area contributed by atoms with Crippen LogP contribution in [0, 0.1) is 0 Å². The van der Waals surface area contributed by atoms with Crippen molar-refractivity contribution >= 4 is 57.1 Å². The van der Waals surface area contributed by atoms with E-state index in [0.29, 0.717) is 17.1 Å². The van der Waals surface area contributed by atoms with E-state index in [1.54, 1.807) is 12.1 Å². The van der Waals surface area contributed by atoms with Crippen molar-refractivity contribution in [2.45, 2.75) is 17.7 Å². The third kappa shape index (κ3) is 3.03. The molecule has 28 heavy (non-hydrogen) atoms. The van der Waals surface area contributed by atoms with Gasteiger partial charge in [-0.2, -0.15) is 0 Å². The number of carbonyl (C=O) groups excluding carboxylic acids is 2. The first-order valence-electron chi connectivity index (χ1n) is 8.30. The number of carbonyl (C=O) groups is 2. The summed E-state index contributed by atoms with van der Waals surface area (Å²) in [4.78, 5) is 22.4. The van der Waals surface area contributed by atoms with E-state index in [9.17, 15) is 26.4 Å². The van der Waals surface area contributed by atoms with E-state index in [4.69, 9.17) is 0 Å². The summed E-state index contributed by atoms with van der Waals surface area (Å²) in [6, 6.07) is 14.3. The van der Waals surface area contributed by atoms with Crippen LogP contribution in [0.25, 0.3) is 32.3 Å². The van der Waals surface area contributed by atoms with Gasteiger partial charge in [0.25, 0.3) is 0 Å². The first-order chi connectivity index (χ1) is 13.3. The fourth-order valence-corrected chi connectivity index (χ4v) is 8.82.